The molecular formula is C26H30ClN3O5. The minimum absolute atomic E-state index is 0.0198. The number of hydrogen-bond donors (Lipinski definition) is 0. The van der Waals surface area contributed by atoms with E-state index in [4.69, 9.17) is 26.1 Å². The van der Waals surface area contributed by atoms with Crippen LogP contribution in [0.3, 0.4) is 0 Å². The molecule has 0 aliphatic rings. The molecule has 0 saturated carbocycles. The molecule has 1 heterocycles. The molecule has 186 valence electrons. The highest BCUT2D eigenvalue weighted by molar-refractivity contribution is 6.30. The monoisotopic (exact) mass is 499 g/mol. The SMILES string of the molecule is CCOC(=O)CCC(=O)N(CCOC)C(CC)c1nc2ccccc2c(=O)n1-c1cccc(Cl)c1. The number of hydrogen-bond acceptors (Lipinski definition) is 6. The number of esters is 1. The molecule has 9 heteroatoms. The third kappa shape index (κ3) is 6.26. The third-order valence-corrected chi connectivity index (χ3v) is 5.87. The lowest BCUT2D eigenvalue weighted by atomic mass is 10.1. The summed E-state index contributed by atoms with van der Waals surface area (Å²) in [5.41, 5.74) is 0.840. The van der Waals surface area contributed by atoms with Crippen LogP contribution in [-0.2, 0) is 19.1 Å². The Kier molecular flexibility index (Phi) is 9.39. The van der Waals surface area contributed by atoms with Crippen LogP contribution in [0.15, 0.2) is 53.3 Å². The highest BCUT2D eigenvalue weighted by Gasteiger charge is 2.29. The molecule has 0 saturated heterocycles. The van der Waals surface area contributed by atoms with Gasteiger partial charge in [-0.15, -0.1) is 0 Å². The molecule has 2 aromatic carbocycles. The van der Waals surface area contributed by atoms with Gasteiger partial charge in [0.2, 0.25) is 5.91 Å². The fraction of sp³-hybridized carbons (Fsp3) is 0.385. The van der Waals surface area contributed by atoms with Crippen LogP contribution in [0.1, 0.15) is 45.0 Å². The molecule has 8 nitrogen and oxygen atoms in total. The van der Waals surface area contributed by atoms with E-state index in [0.29, 0.717) is 33.9 Å². The van der Waals surface area contributed by atoms with Crippen molar-refractivity contribution in [3.63, 3.8) is 0 Å². The van der Waals surface area contributed by atoms with Gasteiger partial charge < -0.3 is 14.4 Å². The van der Waals surface area contributed by atoms with Crippen molar-refractivity contribution in [1.29, 1.82) is 0 Å². The van der Waals surface area contributed by atoms with Gasteiger partial charge in [-0.25, -0.2) is 4.98 Å². The van der Waals surface area contributed by atoms with Gasteiger partial charge in [-0.05, 0) is 43.7 Å². The first-order valence-electron chi connectivity index (χ1n) is 11.6. The topological polar surface area (TPSA) is 90.7 Å². The molecule has 1 unspecified atom stereocenters. The molecule has 1 aromatic heterocycles. The van der Waals surface area contributed by atoms with E-state index in [1.54, 1.807) is 61.4 Å². The largest absolute Gasteiger partial charge is 0.466 e. The zero-order chi connectivity index (χ0) is 25.4. The minimum atomic E-state index is -0.545. The third-order valence-electron chi connectivity index (χ3n) is 5.63. The fourth-order valence-corrected chi connectivity index (χ4v) is 4.19. The Morgan fingerprint density at radius 3 is 2.57 bits per heavy atom. The number of carbonyl (C=O) groups is 2. The van der Waals surface area contributed by atoms with Gasteiger partial charge in [0.05, 0.1) is 42.3 Å². The molecule has 0 aliphatic heterocycles. The fourth-order valence-electron chi connectivity index (χ4n) is 4.01. The average Bonchev–Trinajstić information content (AvgIpc) is 2.85. The number of carbonyl (C=O) groups excluding carboxylic acids is 2. The van der Waals surface area contributed by atoms with Crippen LogP contribution in [0, 0.1) is 0 Å². The number of ether oxygens (including phenoxy) is 2. The van der Waals surface area contributed by atoms with Crippen LogP contribution in [-0.4, -0.2) is 53.2 Å². The normalized spacial score (nSPS) is 11.9. The van der Waals surface area contributed by atoms with Gasteiger partial charge in [-0.3, -0.25) is 19.0 Å². The summed E-state index contributed by atoms with van der Waals surface area (Å²) >= 11 is 6.25. The van der Waals surface area contributed by atoms with E-state index in [-0.39, 0.29) is 44.1 Å². The van der Waals surface area contributed by atoms with Gasteiger partial charge in [-0.1, -0.05) is 36.7 Å². The van der Waals surface area contributed by atoms with Crippen molar-refractivity contribution >= 4 is 34.4 Å². The smallest absolute Gasteiger partial charge is 0.306 e. The Hall–Kier alpha value is -3.23. The number of benzene rings is 2. The first-order valence-corrected chi connectivity index (χ1v) is 12.0. The Balaban J connectivity index is 2.14. The number of methoxy groups -OCH3 is 1. The Morgan fingerprint density at radius 2 is 1.89 bits per heavy atom. The number of fused-ring (bicyclic) bond motifs is 1. The van der Waals surface area contributed by atoms with Crippen molar-refractivity contribution in [3.8, 4) is 5.69 Å². The van der Waals surface area contributed by atoms with Crippen LogP contribution in [0.2, 0.25) is 5.02 Å². The second-order valence-electron chi connectivity index (χ2n) is 7.92. The van der Waals surface area contributed by atoms with Crippen molar-refractivity contribution in [2.45, 2.75) is 39.2 Å². The first kappa shape index (κ1) is 26.4. The second-order valence-corrected chi connectivity index (χ2v) is 8.35. The number of para-hydroxylation sites is 1. The highest BCUT2D eigenvalue weighted by atomic mass is 35.5. The van der Waals surface area contributed by atoms with Gasteiger partial charge in [0.1, 0.15) is 5.82 Å². The lowest BCUT2D eigenvalue weighted by Crippen LogP contribution is -2.40. The van der Waals surface area contributed by atoms with Crippen LogP contribution >= 0.6 is 11.6 Å². The quantitative estimate of drug-likeness (QED) is 0.365. The molecular weight excluding hydrogens is 470 g/mol. The van der Waals surface area contributed by atoms with E-state index in [2.05, 4.69) is 0 Å². The summed E-state index contributed by atoms with van der Waals surface area (Å²) in [6, 6.07) is 13.5. The summed E-state index contributed by atoms with van der Waals surface area (Å²) < 4.78 is 11.7. The maximum atomic E-state index is 13.7. The van der Waals surface area contributed by atoms with E-state index in [9.17, 15) is 14.4 Å². The zero-order valence-corrected chi connectivity index (χ0v) is 21.0. The standard InChI is InChI=1S/C26H30ClN3O5/c1-4-22(29(15-16-34-3)23(31)13-14-24(32)35-5-2)25-28-21-12-7-6-11-20(21)26(33)30(25)19-10-8-9-18(27)17-19/h6-12,17,22H,4-5,13-16H2,1-3H3. The molecule has 3 rings (SSSR count). The van der Waals surface area contributed by atoms with Crippen LogP contribution < -0.4 is 5.56 Å². The molecule has 0 fully saturated rings. The van der Waals surface area contributed by atoms with E-state index >= 15 is 0 Å². The number of halogens is 1. The molecule has 0 radical (unpaired) electrons. The maximum Gasteiger partial charge on any atom is 0.306 e. The van der Waals surface area contributed by atoms with Gasteiger partial charge >= 0.3 is 5.97 Å². The first-order chi connectivity index (χ1) is 16.9. The van der Waals surface area contributed by atoms with Crippen LogP contribution in [0.25, 0.3) is 16.6 Å². The molecule has 0 aliphatic carbocycles. The van der Waals surface area contributed by atoms with Crippen LogP contribution in [0.4, 0.5) is 0 Å². The lowest BCUT2D eigenvalue weighted by molar-refractivity contribution is -0.146. The van der Waals surface area contributed by atoms with Crippen LogP contribution in [0.5, 0.6) is 0 Å². The molecule has 0 spiro atoms. The molecule has 0 bridgehead atoms. The van der Waals surface area contributed by atoms with Gasteiger partial charge in [0.25, 0.3) is 5.56 Å². The summed E-state index contributed by atoms with van der Waals surface area (Å²) in [6.45, 7) is 4.46. The van der Waals surface area contributed by atoms with E-state index in [1.807, 2.05) is 13.0 Å². The van der Waals surface area contributed by atoms with Crippen molar-refractivity contribution in [3.05, 3.63) is 69.7 Å². The van der Waals surface area contributed by atoms with E-state index < -0.39 is 12.0 Å². The minimum Gasteiger partial charge on any atom is -0.466 e. The Labute approximate surface area is 209 Å². The van der Waals surface area contributed by atoms with E-state index in [1.165, 1.54) is 4.57 Å². The number of rotatable bonds is 11. The van der Waals surface area contributed by atoms with Crippen molar-refractivity contribution in [1.82, 2.24) is 14.5 Å². The molecule has 3 aromatic rings. The zero-order valence-electron chi connectivity index (χ0n) is 20.2. The second kappa shape index (κ2) is 12.5. The average molecular weight is 500 g/mol. The van der Waals surface area contributed by atoms with Crippen molar-refractivity contribution in [2.75, 3.05) is 26.9 Å². The van der Waals surface area contributed by atoms with E-state index in [0.717, 1.165) is 0 Å². The summed E-state index contributed by atoms with van der Waals surface area (Å²) in [5, 5.41) is 0.937. The Morgan fingerprint density at radius 1 is 1.11 bits per heavy atom. The summed E-state index contributed by atoms with van der Waals surface area (Å²) in [5.74, 6) is -0.263. The highest BCUT2D eigenvalue weighted by Crippen LogP contribution is 2.27. The number of nitrogens with zero attached hydrogens (tertiary/aromatic N) is 3. The van der Waals surface area contributed by atoms with Crippen molar-refractivity contribution in [2.24, 2.45) is 0 Å². The number of amides is 1. The maximum absolute atomic E-state index is 13.7. The summed E-state index contributed by atoms with van der Waals surface area (Å²) in [7, 11) is 1.55. The van der Waals surface area contributed by atoms with Gasteiger partial charge in [-0.2, -0.15) is 0 Å². The predicted octanol–water partition coefficient (Wildman–Crippen LogP) is 4.31. The summed E-state index contributed by atoms with van der Waals surface area (Å²) in [6.07, 6.45) is 0.438. The van der Waals surface area contributed by atoms with Gasteiger partial charge in [0.15, 0.2) is 0 Å². The molecule has 1 amide bonds. The number of aromatic nitrogens is 2. The Bertz CT molecular complexity index is 1240. The van der Waals surface area contributed by atoms with Crippen molar-refractivity contribution < 1.29 is 19.1 Å². The summed E-state index contributed by atoms with van der Waals surface area (Å²) in [4.78, 5) is 45.3. The molecule has 35 heavy (non-hydrogen) atoms. The lowest BCUT2D eigenvalue weighted by Gasteiger charge is -2.32. The van der Waals surface area contributed by atoms with Gasteiger partial charge in [0, 0.05) is 25.1 Å². The molecule has 0 N–H and O–H groups in total. The molecule has 1 atom stereocenters. The predicted molar refractivity (Wildman–Crippen MR) is 135 cm³/mol.